The highest BCUT2D eigenvalue weighted by molar-refractivity contribution is 5.94. The van der Waals surface area contributed by atoms with Gasteiger partial charge in [-0.1, -0.05) is 12.1 Å². The Hall–Kier alpha value is -3.22. The molecule has 4 N–H and O–H groups in total. The van der Waals surface area contributed by atoms with Gasteiger partial charge in [-0.25, -0.2) is 4.99 Å². The minimum Gasteiger partial charge on any atom is -0.494 e. The summed E-state index contributed by atoms with van der Waals surface area (Å²) in [6.07, 6.45) is 0. The number of carbonyl (C=O) groups excluding carboxylic acids is 1. The third kappa shape index (κ3) is 6.54. The summed E-state index contributed by atoms with van der Waals surface area (Å²) < 4.78 is 11.1. The first-order valence-corrected chi connectivity index (χ1v) is 8.85. The van der Waals surface area contributed by atoms with Crippen LogP contribution in [0, 0.1) is 0 Å². The molecule has 0 fully saturated rings. The number of hydrogen-bond donors (Lipinski definition) is 3. The smallest absolute Gasteiger partial charge is 0.221 e. The predicted octanol–water partition coefficient (Wildman–Crippen LogP) is 3.37. The molecule has 7 nitrogen and oxygen atoms in total. The largest absolute Gasteiger partial charge is 0.494 e. The minimum absolute atomic E-state index is 0.116. The average molecular weight is 370 g/mol. The lowest BCUT2D eigenvalue weighted by molar-refractivity contribution is -0.114. The third-order valence-corrected chi connectivity index (χ3v) is 3.50. The molecule has 2 rings (SSSR count). The van der Waals surface area contributed by atoms with Crippen molar-refractivity contribution in [1.82, 2.24) is 0 Å². The number of nitrogens with zero attached hydrogens (tertiary/aromatic N) is 1. The first kappa shape index (κ1) is 20.1. The number of aliphatic imine (C=N–C) groups is 1. The molecule has 0 spiro atoms. The lowest BCUT2D eigenvalue weighted by Gasteiger charge is -2.14. The first-order valence-electron chi connectivity index (χ1n) is 8.85. The molecule has 0 aliphatic carbocycles. The summed E-state index contributed by atoms with van der Waals surface area (Å²) in [7, 11) is 0. The highest BCUT2D eigenvalue weighted by atomic mass is 16.5. The van der Waals surface area contributed by atoms with Gasteiger partial charge < -0.3 is 25.8 Å². The van der Waals surface area contributed by atoms with E-state index in [0.717, 1.165) is 17.0 Å². The van der Waals surface area contributed by atoms with E-state index in [9.17, 15) is 4.79 Å². The summed E-state index contributed by atoms with van der Waals surface area (Å²) in [6.45, 7) is 6.80. The zero-order valence-corrected chi connectivity index (χ0v) is 15.9. The summed E-state index contributed by atoms with van der Waals surface area (Å²) in [4.78, 5) is 15.5. The summed E-state index contributed by atoms with van der Waals surface area (Å²) in [6, 6.07) is 13.0. The topological polar surface area (TPSA) is 98.0 Å². The van der Waals surface area contributed by atoms with Crippen molar-refractivity contribution in [2.45, 2.75) is 27.3 Å². The molecule has 2 aromatic rings. The molecule has 0 aliphatic heterocycles. The molecule has 0 bridgehead atoms. The van der Waals surface area contributed by atoms with Gasteiger partial charge in [0.05, 0.1) is 25.4 Å². The van der Waals surface area contributed by atoms with Crippen LogP contribution in [0.25, 0.3) is 0 Å². The Morgan fingerprint density at radius 2 is 1.85 bits per heavy atom. The van der Waals surface area contributed by atoms with Crippen LogP contribution in [0.2, 0.25) is 0 Å². The van der Waals surface area contributed by atoms with E-state index in [1.165, 1.54) is 6.92 Å². The number of nitrogens with one attached hydrogen (secondary N) is 2. The number of hydrogen-bond acceptors (Lipinski definition) is 4. The molecule has 0 aliphatic rings. The Labute approximate surface area is 159 Å². The van der Waals surface area contributed by atoms with Gasteiger partial charge in [0.25, 0.3) is 0 Å². The fourth-order valence-corrected chi connectivity index (χ4v) is 2.45. The van der Waals surface area contributed by atoms with Gasteiger partial charge in [0.2, 0.25) is 5.91 Å². The van der Waals surface area contributed by atoms with E-state index < -0.39 is 0 Å². The van der Waals surface area contributed by atoms with E-state index in [1.54, 1.807) is 0 Å². The molecule has 7 heteroatoms. The summed E-state index contributed by atoms with van der Waals surface area (Å²) in [5.74, 6) is 1.54. The highest BCUT2D eigenvalue weighted by Gasteiger charge is 2.07. The predicted molar refractivity (Wildman–Crippen MR) is 108 cm³/mol. The number of benzene rings is 2. The second kappa shape index (κ2) is 10.1. The van der Waals surface area contributed by atoms with Crippen LogP contribution in [0.15, 0.2) is 47.5 Å². The zero-order valence-electron chi connectivity index (χ0n) is 15.9. The van der Waals surface area contributed by atoms with Gasteiger partial charge in [-0.3, -0.25) is 4.79 Å². The van der Waals surface area contributed by atoms with Gasteiger partial charge >= 0.3 is 0 Å². The lowest BCUT2D eigenvalue weighted by atomic mass is 10.2. The standard InChI is InChI=1S/C20H26N4O3/c1-4-26-17-9-10-19(27-5-2)18(12-17)24-20(21)22-13-15-7-6-8-16(11-15)23-14(3)25/h6-12H,4-5,13H2,1-3H3,(H,23,25)(H3,21,22,24). The average Bonchev–Trinajstić information content (AvgIpc) is 2.62. The highest BCUT2D eigenvalue weighted by Crippen LogP contribution is 2.29. The van der Waals surface area contributed by atoms with E-state index in [1.807, 2.05) is 56.3 Å². The maximum absolute atomic E-state index is 11.2. The van der Waals surface area contributed by atoms with Gasteiger partial charge in [-0.15, -0.1) is 0 Å². The van der Waals surface area contributed by atoms with Gasteiger partial charge in [0, 0.05) is 18.7 Å². The van der Waals surface area contributed by atoms with Gasteiger partial charge in [0.1, 0.15) is 11.5 Å². The summed E-state index contributed by atoms with van der Waals surface area (Å²) in [5, 5.41) is 5.81. The van der Waals surface area contributed by atoms with Crippen molar-refractivity contribution in [3.05, 3.63) is 48.0 Å². The molecule has 0 radical (unpaired) electrons. The molecular weight excluding hydrogens is 344 g/mol. The summed E-state index contributed by atoms with van der Waals surface area (Å²) >= 11 is 0. The molecule has 0 unspecified atom stereocenters. The zero-order chi connectivity index (χ0) is 19.6. The Morgan fingerprint density at radius 3 is 2.56 bits per heavy atom. The molecule has 0 saturated carbocycles. The molecule has 2 aromatic carbocycles. The van der Waals surface area contributed by atoms with Crippen LogP contribution in [0.4, 0.5) is 11.4 Å². The number of nitrogens with two attached hydrogens (primary N) is 1. The van der Waals surface area contributed by atoms with E-state index in [2.05, 4.69) is 15.6 Å². The number of ether oxygens (including phenoxy) is 2. The maximum atomic E-state index is 11.2. The first-order chi connectivity index (χ1) is 13.0. The van der Waals surface area contributed by atoms with Crippen molar-refractivity contribution in [2.75, 3.05) is 23.8 Å². The fraction of sp³-hybridized carbons (Fsp3) is 0.300. The van der Waals surface area contributed by atoms with Crippen molar-refractivity contribution in [3.63, 3.8) is 0 Å². The van der Waals surface area contributed by atoms with Crippen LogP contribution < -0.4 is 25.8 Å². The van der Waals surface area contributed by atoms with Gasteiger partial charge in [-0.05, 0) is 43.7 Å². The van der Waals surface area contributed by atoms with Crippen LogP contribution >= 0.6 is 0 Å². The van der Waals surface area contributed by atoms with Crippen LogP contribution in [-0.4, -0.2) is 25.1 Å². The van der Waals surface area contributed by atoms with Crippen molar-refractivity contribution in [3.8, 4) is 11.5 Å². The number of amides is 1. The number of guanidine groups is 1. The van der Waals surface area contributed by atoms with Crippen LogP contribution in [0.3, 0.4) is 0 Å². The van der Waals surface area contributed by atoms with Crippen molar-refractivity contribution < 1.29 is 14.3 Å². The fourth-order valence-electron chi connectivity index (χ4n) is 2.45. The minimum atomic E-state index is -0.116. The molecule has 144 valence electrons. The number of anilines is 2. The van der Waals surface area contributed by atoms with Gasteiger partial charge in [0.15, 0.2) is 5.96 Å². The van der Waals surface area contributed by atoms with E-state index in [-0.39, 0.29) is 11.9 Å². The van der Waals surface area contributed by atoms with Crippen LogP contribution in [0.5, 0.6) is 11.5 Å². The molecule has 27 heavy (non-hydrogen) atoms. The van der Waals surface area contributed by atoms with E-state index >= 15 is 0 Å². The van der Waals surface area contributed by atoms with Crippen LogP contribution in [0.1, 0.15) is 26.3 Å². The maximum Gasteiger partial charge on any atom is 0.221 e. The SMILES string of the molecule is CCOc1ccc(OCC)c(NC(N)=NCc2cccc(NC(C)=O)c2)c1. The Balaban J connectivity index is 2.10. The lowest BCUT2D eigenvalue weighted by Crippen LogP contribution is -2.23. The Bertz CT molecular complexity index is 806. The Morgan fingerprint density at radius 1 is 1.07 bits per heavy atom. The second-order valence-corrected chi connectivity index (χ2v) is 5.73. The normalized spacial score (nSPS) is 11.0. The summed E-state index contributed by atoms with van der Waals surface area (Å²) in [5.41, 5.74) is 8.38. The molecular formula is C20H26N4O3. The molecule has 0 aromatic heterocycles. The molecule has 0 saturated heterocycles. The number of carbonyl (C=O) groups is 1. The van der Waals surface area contributed by atoms with Crippen molar-refractivity contribution in [1.29, 1.82) is 0 Å². The van der Waals surface area contributed by atoms with E-state index in [4.69, 9.17) is 15.2 Å². The van der Waals surface area contributed by atoms with Crippen LogP contribution in [-0.2, 0) is 11.3 Å². The number of rotatable bonds is 8. The molecule has 1 amide bonds. The molecule has 0 heterocycles. The molecule has 0 atom stereocenters. The monoisotopic (exact) mass is 370 g/mol. The van der Waals surface area contributed by atoms with Gasteiger partial charge in [-0.2, -0.15) is 0 Å². The second-order valence-electron chi connectivity index (χ2n) is 5.73. The Kier molecular flexibility index (Phi) is 7.49. The van der Waals surface area contributed by atoms with Crippen molar-refractivity contribution in [2.24, 2.45) is 10.7 Å². The van der Waals surface area contributed by atoms with Crippen molar-refractivity contribution >= 4 is 23.2 Å². The quantitative estimate of drug-likeness (QED) is 0.489. The third-order valence-electron chi connectivity index (χ3n) is 3.50. The van der Waals surface area contributed by atoms with E-state index in [0.29, 0.717) is 31.2 Å².